The summed E-state index contributed by atoms with van der Waals surface area (Å²) in [6, 6.07) is 65.1. The number of aliphatic imine (C=N–C) groups is 1. The van der Waals surface area contributed by atoms with Crippen LogP contribution in [0.1, 0.15) is 85.5 Å². The summed E-state index contributed by atoms with van der Waals surface area (Å²) >= 11 is 0. The van der Waals surface area contributed by atoms with E-state index in [0.29, 0.717) is 11.8 Å². The molecule has 0 saturated heterocycles. The Morgan fingerprint density at radius 1 is 0.561 bits per heavy atom. The van der Waals surface area contributed by atoms with Gasteiger partial charge in [0.05, 0.1) is 22.6 Å². The monoisotopic (exact) mass is 856 g/mol. The minimum Gasteiger partial charge on any atom is -0.359 e. The van der Waals surface area contributed by atoms with Crippen LogP contribution in [-0.2, 0) is 10.8 Å². The second kappa shape index (κ2) is 18.5. The lowest BCUT2D eigenvalue weighted by Gasteiger charge is -2.45. The number of rotatable bonds is 11. The maximum atomic E-state index is 5.66. The Kier molecular flexibility index (Phi) is 12.0. The van der Waals surface area contributed by atoms with Crippen LogP contribution in [0.15, 0.2) is 264 Å². The molecule has 6 aromatic rings. The van der Waals surface area contributed by atoms with Crippen LogP contribution in [-0.4, -0.2) is 5.84 Å². The zero-order valence-corrected chi connectivity index (χ0v) is 38.7. The van der Waals surface area contributed by atoms with Gasteiger partial charge < -0.3 is 5.32 Å². The second-order valence-electron chi connectivity index (χ2n) is 18.9. The van der Waals surface area contributed by atoms with Gasteiger partial charge in [-0.2, -0.15) is 0 Å². The summed E-state index contributed by atoms with van der Waals surface area (Å²) in [4.78, 5) is 5.66. The first-order valence-corrected chi connectivity index (χ1v) is 23.9. The van der Waals surface area contributed by atoms with Crippen LogP contribution in [0.25, 0.3) is 0 Å². The quantitative estimate of drug-likeness (QED) is 0.129. The lowest BCUT2D eigenvalue weighted by atomic mass is 9.58. The molecule has 0 saturated carbocycles. The molecule has 0 bridgehead atoms. The summed E-state index contributed by atoms with van der Waals surface area (Å²) in [5.41, 5.74) is 14.2. The molecule has 0 amide bonds. The Bertz CT molecular complexity index is 2790. The molecule has 6 aromatic carbocycles. The van der Waals surface area contributed by atoms with Crippen LogP contribution in [0.5, 0.6) is 0 Å². The van der Waals surface area contributed by atoms with E-state index in [4.69, 9.17) is 4.99 Å². The van der Waals surface area contributed by atoms with E-state index in [2.05, 4.69) is 264 Å². The van der Waals surface area contributed by atoms with Crippen molar-refractivity contribution in [2.24, 2.45) is 28.7 Å². The predicted octanol–water partition coefficient (Wildman–Crippen LogP) is 15.2. The van der Waals surface area contributed by atoms with Gasteiger partial charge in [0.25, 0.3) is 0 Å². The minimum absolute atomic E-state index is 0.109. The average Bonchev–Trinajstić information content (AvgIpc) is 3.36. The van der Waals surface area contributed by atoms with Crippen molar-refractivity contribution >= 4 is 5.84 Å². The first kappa shape index (κ1) is 42.9. The van der Waals surface area contributed by atoms with E-state index in [1.54, 1.807) is 0 Å². The van der Waals surface area contributed by atoms with E-state index in [1.807, 2.05) is 0 Å². The number of hydrogen-bond donors (Lipinski definition) is 1. The normalized spacial score (nSPS) is 21.9. The van der Waals surface area contributed by atoms with Gasteiger partial charge >= 0.3 is 0 Å². The highest BCUT2D eigenvalue weighted by atomic mass is 15.1. The molecule has 1 heterocycles. The Morgan fingerprint density at radius 2 is 1.08 bits per heavy atom. The summed E-state index contributed by atoms with van der Waals surface area (Å²) in [7, 11) is 0. The van der Waals surface area contributed by atoms with Gasteiger partial charge in [0.1, 0.15) is 5.84 Å². The van der Waals surface area contributed by atoms with Crippen molar-refractivity contribution in [2.45, 2.75) is 57.4 Å². The van der Waals surface area contributed by atoms with Gasteiger partial charge in [0, 0.05) is 11.5 Å². The average molecular weight is 857 g/mol. The van der Waals surface area contributed by atoms with Crippen molar-refractivity contribution in [1.82, 2.24) is 5.32 Å². The molecule has 0 aromatic heterocycles. The van der Waals surface area contributed by atoms with E-state index in [9.17, 15) is 0 Å². The molecule has 326 valence electrons. The van der Waals surface area contributed by atoms with Crippen molar-refractivity contribution in [3.8, 4) is 0 Å². The first-order valence-electron chi connectivity index (χ1n) is 23.9. The molecule has 10 rings (SSSR count). The Hall–Kier alpha value is -7.03. The van der Waals surface area contributed by atoms with Crippen LogP contribution in [0.2, 0.25) is 0 Å². The highest BCUT2D eigenvalue weighted by Crippen LogP contribution is 2.52. The summed E-state index contributed by atoms with van der Waals surface area (Å²) in [6.45, 7) is 9.25. The molecular formula is C64H60N2. The summed E-state index contributed by atoms with van der Waals surface area (Å²) in [5, 5.41) is 4.06. The van der Waals surface area contributed by atoms with Crippen molar-refractivity contribution in [1.29, 1.82) is 0 Å². The van der Waals surface area contributed by atoms with E-state index >= 15 is 0 Å². The second-order valence-corrected chi connectivity index (χ2v) is 18.9. The third-order valence-corrected chi connectivity index (χ3v) is 14.8. The van der Waals surface area contributed by atoms with Crippen molar-refractivity contribution in [2.75, 3.05) is 0 Å². The fourth-order valence-electron chi connectivity index (χ4n) is 12.0. The standard InChI is InChI=1S/C64H60N2/c1-45-40-47(3)61(48(4)41-45)62-65-59(49-25-22-37-56(42-49)63(51-27-10-5-11-28-51,52-29-12-6-13-30-52)53-31-14-7-15-32-53)44-60(66-62)50-26-23-38-57(43-50)64(54-33-16-8-17-34-54,55-35-18-9-19-36-55)58-39-21-20-24-46(58)2/h5-36,38-40,42-44,46,48,56,58,60H,37,41H2,1-4H3,(H,65,66)/t46?,48?,56-,58?,60?/m1/s1. The summed E-state index contributed by atoms with van der Waals surface area (Å²) in [6.07, 6.45) is 23.2. The van der Waals surface area contributed by atoms with Crippen molar-refractivity contribution in [3.05, 3.63) is 298 Å². The first-order chi connectivity index (χ1) is 32.4. The largest absolute Gasteiger partial charge is 0.359 e. The van der Waals surface area contributed by atoms with E-state index in [-0.39, 0.29) is 17.9 Å². The number of benzene rings is 6. The van der Waals surface area contributed by atoms with E-state index in [0.717, 1.165) is 29.9 Å². The number of amidine groups is 1. The van der Waals surface area contributed by atoms with Gasteiger partial charge in [-0.15, -0.1) is 0 Å². The fraction of sp³-hybridized carbons (Fsp3) is 0.203. The molecule has 1 N–H and O–H groups in total. The minimum atomic E-state index is -0.450. The maximum Gasteiger partial charge on any atom is 0.131 e. The van der Waals surface area contributed by atoms with Gasteiger partial charge in [-0.25, -0.2) is 4.99 Å². The molecule has 5 atom stereocenters. The Labute approximate surface area is 393 Å². The van der Waals surface area contributed by atoms with Gasteiger partial charge in [-0.1, -0.05) is 244 Å². The lowest BCUT2D eigenvalue weighted by Crippen LogP contribution is -2.41. The van der Waals surface area contributed by atoms with Gasteiger partial charge in [0.15, 0.2) is 0 Å². The zero-order chi connectivity index (χ0) is 45.1. The molecule has 4 unspecified atom stereocenters. The number of nitrogens with one attached hydrogen (secondary N) is 1. The van der Waals surface area contributed by atoms with Crippen molar-refractivity contribution in [3.63, 3.8) is 0 Å². The van der Waals surface area contributed by atoms with E-state index < -0.39 is 10.8 Å². The SMILES string of the molecule is CC1=CC(C)=C(C2=NC(C3=C[C@H](C(c4ccccc4)(c4ccccc4)c4ccccc4)CC=C3)=CC(c3cccc(C(c4ccccc4)(c4ccccc4)C4C=CC=CC4C)c3)N2)C(C)C1. The smallest absolute Gasteiger partial charge is 0.131 e. The third kappa shape index (κ3) is 7.73. The molecule has 4 aliphatic rings. The molecule has 0 radical (unpaired) electrons. The van der Waals surface area contributed by atoms with Gasteiger partial charge in [-0.05, 0) is 101 Å². The van der Waals surface area contributed by atoms with Crippen molar-refractivity contribution < 1.29 is 0 Å². The van der Waals surface area contributed by atoms with Crippen LogP contribution >= 0.6 is 0 Å². The molecule has 3 aliphatic carbocycles. The molecule has 2 nitrogen and oxygen atoms in total. The number of hydrogen-bond acceptors (Lipinski definition) is 2. The highest BCUT2D eigenvalue weighted by Gasteiger charge is 2.46. The molecule has 2 heteroatoms. The Balaban J connectivity index is 1.16. The number of allylic oxidation sites excluding steroid dienone is 10. The Morgan fingerprint density at radius 3 is 1.61 bits per heavy atom. The van der Waals surface area contributed by atoms with E-state index in [1.165, 1.54) is 55.7 Å². The highest BCUT2D eigenvalue weighted by molar-refractivity contribution is 6.02. The van der Waals surface area contributed by atoms with Crippen LogP contribution in [0.3, 0.4) is 0 Å². The molecule has 66 heavy (non-hydrogen) atoms. The lowest BCUT2D eigenvalue weighted by molar-refractivity contribution is 0.367. The summed E-state index contributed by atoms with van der Waals surface area (Å²) in [5.74, 6) is 1.90. The molecule has 0 spiro atoms. The maximum absolute atomic E-state index is 5.66. The van der Waals surface area contributed by atoms with Crippen LogP contribution in [0, 0.1) is 23.7 Å². The fourth-order valence-corrected chi connectivity index (χ4v) is 12.0. The topological polar surface area (TPSA) is 24.4 Å². The van der Waals surface area contributed by atoms with Gasteiger partial charge in [-0.3, -0.25) is 0 Å². The molecule has 0 fully saturated rings. The number of nitrogens with zero attached hydrogens (tertiary/aromatic N) is 1. The third-order valence-electron chi connectivity index (χ3n) is 14.8. The zero-order valence-electron chi connectivity index (χ0n) is 38.7. The molecular weight excluding hydrogens is 797 g/mol. The summed E-state index contributed by atoms with van der Waals surface area (Å²) < 4.78 is 0. The molecule has 1 aliphatic heterocycles. The van der Waals surface area contributed by atoms with Crippen LogP contribution < -0.4 is 5.32 Å². The van der Waals surface area contributed by atoms with Crippen LogP contribution in [0.4, 0.5) is 0 Å². The van der Waals surface area contributed by atoms with Gasteiger partial charge in [0.2, 0.25) is 0 Å². The predicted molar refractivity (Wildman–Crippen MR) is 276 cm³/mol.